The Morgan fingerprint density at radius 1 is 1.05 bits per heavy atom. The van der Waals surface area contributed by atoms with Crippen LogP contribution in [-0.2, 0) is 14.6 Å². The Labute approximate surface area is 226 Å². The van der Waals surface area contributed by atoms with Crippen LogP contribution in [-0.4, -0.2) is 74.8 Å². The van der Waals surface area contributed by atoms with Crippen molar-refractivity contribution in [3.8, 4) is 5.75 Å². The van der Waals surface area contributed by atoms with Crippen LogP contribution in [0.5, 0.6) is 5.75 Å². The molecule has 0 unspecified atom stereocenters. The van der Waals surface area contributed by atoms with Crippen LogP contribution in [0, 0.1) is 0 Å². The molecule has 2 aliphatic rings. The molecule has 2 aromatic rings. The number of nitrogens with zero attached hydrogens (tertiary/aromatic N) is 3. The molecule has 0 radical (unpaired) electrons. The number of amides is 1. The summed E-state index contributed by atoms with van der Waals surface area (Å²) in [4.78, 5) is 19.6. The normalized spacial score (nSPS) is 20.4. The highest BCUT2D eigenvalue weighted by Crippen LogP contribution is 2.32. The zero-order valence-electron chi connectivity index (χ0n) is 21.7. The molecule has 13 heteroatoms. The predicted octanol–water partition coefficient (Wildman–Crippen LogP) is 4.85. The van der Waals surface area contributed by atoms with Crippen molar-refractivity contribution in [2.24, 2.45) is 0 Å². The van der Waals surface area contributed by atoms with Gasteiger partial charge < -0.3 is 24.6 Å². The van der Waals surface area contributed by atoms with E-state index in [1.165, 1.54) is 12.1 Å². The minimum atomic E-state index is -5.36. The predicted molar refractivity (Wildman–Crippen MR) is 140 cm³/mol. The zero-order chi connectivity index (χ0) is 28.0. The van der Waals surface area contributed by atoms with E-state index in [4.69, 9.17) is 9.47 Å². The van der Waals surface area contributed by atoms with Crippen LogP contribution in [0.3, 0.4) is 0 Å². The van der Waals surface area contributed by atoms with E-state index in [0.717, 1.165) is 55.8 Å². The molecule has 0 atom stereocenters. The minimum Gasteiger partial charge on any atom is -0.490 e. The molecule has 1 aliphatic carbocycles. The third kappa shape index (κ3) is 7.25. The first-order valence-electron chi connectivity index (χ1n) is 13.0. The van der Waals surface area contributed by atoms with Crippen LogP contribution >= 0.6 is 0 Å². The van der Waals surface area contributed by atoms with Crippen LogP contribution in [0.2, 0.25) is 0 Å². The van der Waals surface area contributed by atoms with E-state index in [-0.39, 0.29) is 18.2 Å². The molecular weight excluding hydrogens is 537 g/mol. The standard InChI is InChI=1S/C26H33F3N4O5S/c1-2-17-37-25(34)33-15-13-32(14-16-33)24-18-22(11-12-30-24)38-21-7-3-19(4-8-21)31-20-5-9-23(10-6-20)39(35,36)26(27,28)29/h5-6,9-12,18-19,21,31H,2-4,7-8,13-17H2,1H3/t19-,21-. The monoisotopic (exact) mass is 570 g/mol. The summed E-state index contributed by atoms with van der Waals surface area (Å²) >= 11 is 0. The van der Waals surface area contributed by atoms with Crippen molar-refractivity contribution in [1.82, 2.24) is 9.88 Å². The van der Waals surface area contributed by atoms with Gasteiger partial charge in [0.05, 0.1) is 17.6 Å². The number of benzene rings is 1. The highest BCUT2D eigenvalue weighted by Gasteiger charge is 2.46. The van der Waals surface area contributed by atoms with Gasteiger partial charge >= 0.3 is 11.6 Å². The second-order valence-electron chi connectivity index (χ2n) is 9.65. The van der Waals surface area contributed by atoms with Crippen molar-refractivity contribution < 1.29 is 35.9 Å². The topological polar surface area (TPSA) is 101 Å². The lowest BCUT2D eigenvalue weighted by Crippen LogP contribution is -2.49. The Morgan fingerprint density at radius 2 is 1.72 bits per heavy atom. The number of sulfone groups is 1. The molecule has 1 N–H and O–H groups in total. The maximum Gasteiger partial charge on any atom is 0.501 e. The van der Waals surface area contributed by atoms with Crippen molar-refractivity contribution in [3.63, 3.8) is 0 Å². The Hall–Kier alpha value is -3.22. The summed E-state index contributed by atoms with van der Waals surface area (Å²) < 4.78 is 72.7. The van der Waals surface area contributed by atoms with Crippen molar-refractivity contribution >= 4 is 27.4 Å². The summed E-state index contributed by atoms with van der Waals surface area (Å²) in [6, 6.07) is 8.48. The third-order valence-corrected chi connectivity index (χ3v) is 8.33. The van der Waals surface area contributed by atoms with Gasteiger partial charge in [-0.25, -0.2) is 18.2 Å². The van der Waals surface area contributed by atoms with Gasteiger partial charge in [-0.3, -0.25) is 0 Å². The molecule has 0 bridgehead atoms. The van der Waals surface area contributed by atoms with Gasteiger partial charge in [-0.2, -0.15) is 13.2 Å². The number of carbonyl (C=O) groups excluding carboxylic acids is 1. The highest BCUT2D eigenvalue weighted by atomic mass is 32.2. The Morgan fingerprint density at radius 3 is 2.33 bits per heavy atom. The van der Waals surface area contributed by atoms with E-state index < -0.39 is 20.2 Å². The SMILES string of the molecule is CCCOC(=O)N1CCN(c2cc(O[C@H]3CC[C@H](Nc4ccc(S(=O)(=O)C(F)(F)F)cc4)CC3)ccn2)CC1. The second-order valence-corrected chi connectivity index (χ2v) is 11.6. The highest BCUT2D eigenvalue weighted by molar-refractivity contribution is 7.92. The number of hydrogen-bond acceptors (Lipinski definition) is 8. The van der Waals surface area contributed by atoms with Gasteiger partial charge in [0.2, 0.25) is 0 Å². The lowest BCUT2D eigenvalue weighted by molar-refractivity contribution is -0.0436. The number of piperazine rings is 1. The van der Waals surface area contributed by atoms with E-state index in [1.807, 2.05) is 19.1 Å². The molecule has 0 spiro atoms. The van der Waals surface area contributed by atoms with E-state index >= 15 is 0 Å². The third-order valence-electron chi connectivity index (χ3n) is 6.83. The average molecular weight is 571 g/mol. The Bertz CT molecular complexity index is 1210. The number of rotatable bonds is 8. The molecule has 1 aliphatic heterocycles. The van der Waals surface area contributed by atoms with Gasteiger partial charge in [-0.1, -0.05) is 6.92 Å². The van der Waals surface area contributed by atoms with E-state index in [9.17, 15) is 26.4 Å². The van der Waals surface area contributed by atoms with E-state index in [2.05, 4.69) is 15.2 Å². The lowest BCUT2D eigenvalue weighted by Gasteiger charge is -2.35. The Kier molecular flexibility index (Phi) is 9.08. The average Bonchev–Trinajstić information content (AvgIpc) is 2.93. The Balaban J connectivity index is 1.24. The van der Waals surface area contributed by atoms with Crippen LogP contribution in [0.15, 0.2) is 47.5 Å². The van der Waals surface area contributed by atoms with Crippen molar-refractivity contribution in [1.29, 1.82) is 0 Å². The van der Waals surface area contributed by atoms with Crippen LogP contribution in [0.1, 0.15) is 39.0 Å². The number of nitrogens with one attached hydrogen (secondary N) is 1. The van der Waals surface area contributed by atoms with Crippen molar-refractivity contribution in [2.45, 2.75) is 61.6 Å². The number of alkyl halides is 3. The minimum absolute atomic E-state index is 0.0165. The van der Waals surface area contributed by atoms with Crippen LogP contribution < -0.4 is 15.0 Å². The smallest absolute Gasteiger partial charge is 0.490 e. The summed E-state index contributed by atoms with van der Waals surface area (Å²) in [5.41, 5.74) is -4.76. The summed E-state index contributed by atoms with van der Waals surface area (Å²) in [6.07, 6.45) is 5.39. The first-order valence-corrected chi connectivity index (χ1v) is 14.5. The largest absolute Gasteiger partial charge is 0.501 e. The fourth-order valence-corrected chi connectivity index (χ4v) is 5.42. The molecule has 39 heavy (non-hydrogen) atoms. The maximum absolute atomic E-state index is 12.7. The number of carbonyl (C=O) groups is 1. The fraction of sp³-hybridized carbons (Fsp3) is 0.538. The van der Waals surface area contributed by atoms with Crippen molar-refractivity contribution in [3.05, 3.63) is 42.6 Å². The zero-order valence-corrected chi connectivity index (χ0v) is 22.5. The number of pyridine rings is 1. The van der Waals surface area contributed by atoms with Gasteiger partial charge in [0, 0.05) is 50.2 Å². The number of halogens is 3. The fourth-order valence-electron chi connectivity index (χ4n) is 4.66. The van der Waals surface area contributed by atoms with Crippen LogP contribution in [0.4, 0.5) is 29.5 Å². The molecule has 2 fully saturated rings. The molecule has 1 amide bonds. The van der Waals surface area contributed by atoms with Crippen LogP contribution in [0.25, 0.3) is 0 Å². The first-order chi connectivity index (χ1) is 18.6. The summed E-state index contributed by atoms with van der Waals surface area (Å²) in [5, 5.41) is 3.27. The molecule has 1 aromatic carbocycles. The molecular formula is C26H33F3N4O5S. The molecule has 2 heterocycles. The molecule has 1 saturated carbocycles. The number of aromatic nitrogens is 1. The van der Waals surface area contributed by atoms with E-state index in [0.29, 0.717) is 38.5 Å². The number of hydrogen-bond donors (Lipinski definition) is 1. The molecule has 1 saturated heterocycles. The summed E-state index contributed by atoms with van der Waals surface area (Å²) in [6.45, 7) is 4.80. The van der Waals surface area contributed by atoms with Gasteiger partial charge in [-0.15, -0.1) is 0 Å². The number of anilines is 2. The molecule has 9 nitrogen and oxygen atoms in total. The van der Waals surface area contributed by atoms with Gasteiger partial charge in [0.25, 0.3) is 9.84 Å². The lowest BCUT2D eigenvalue weighted by atomic mass is 9.92. The van der Waals surface area contributed by atoms with Gasteiger partial charge in [-0.05, 0) is 62.4 Å². The summed E-state index contributed by atoms with van der Waals surface area (Å²) in [7, 11) is -5.36. The van der Waals surface area contributed by atoms with Crippen molar-refractivity contribution in [2.75, 3.05) is 43.0 Å². The summed E-state index contributed by atoms with van der Waals surface area (Å²) in [5.74, 6) is 1.52. The first kappa shape index (κ1) is 28.8. The quantitative estimate of drug-likeness (QED) is 0.481. The second kappa shape index (κ2) is 12.3. The molecule has 214 valence electrons. The molecule has 4 rings (SSSR count). The molecule has 1 aromatic heterocycles. The van der Waals surface area contributed by atoms with E-state index in [1.54, 1.807) is 11.1 Å². The van der Waals surface area contributed by atoms with Gasteiger partial charge in [0.1, 0.15) is 11.6 Å². The maximum atomic E-state index is 12.7. The van der Waals surface area contributed by atoms with Gasteiger partial charge in [0.15, 0.2) is 0 Å². The number of ether oxygens (including phenoxy) is 2.